The minimum atomic E-state index is -3.60. The standard InChI is InChI=1S/C22H26N2O6S2/c1-16-5-3-4-6-20(16)31-15-21(25)30-17(2)22(26)23-18-7-9-19(10-8-18)32(27,28)24-11-13-29-14-12-24/h3-10,17H,11-15H2,1-2H3,(H,23,26). The van der Waals surface area contributed by atoms with Crippen molar-refractivity contribution < 1.29 is 27.5 Å². The highest BCUT2D eigenvalue weighted by atomic mass is 32.2. The fourth-order valence-electron chi connectivity index (χ4n) is 3.03. The molecule has 1 aliphatic heterocycles. The largest absolute Gasteiger partial charge is 0.452 e. The molecular weight excluding hydrogens is 452 g/mol. The first-order valence-electron chi connectivity index (χ1n) is 10.1. The van der Waals surface area contributed by atoms with Crippen LogP contribution in [0.15, 0.2) is 58.3 Å². The van der Waals surface area contributed by atoms with E-state index < -0.39 is 28.0 Å². The van der Waals surface area contributed by atoms with Crippen LogP contribution in [0.1, 0.15) is 12.5 Å². The van der Waals surface area contributed by atoms with Crippen molar-refractivity contribution in [2.75, 3.05) is 37.4 Å². The van der Waals surface area contributed by atoms with Crippen LogP contribution in [0.3, 0.4) is 0 Å². The number of ether oxygens (including phenoxy) is 2. The van der Waals surface area contributed by atoms with Gasteiger partial charge in [-0.05, 0) is 49.7 Å². The van der Waals surface area contributed by atoms with E-state index in [2.05, 4.69) is 5.32 Å². The number of thioether (sulfide) groups is 1. The van der Waals surface area contributed by atoms with Crippen LogP contribution < -0.4 is 5.32 Å². The Morgan fingerprint density at radius 3 is 2.44 bits per heavy atom. The second kappa shape index (κ2) is 11.0. The van der Waals surface area contributed by atoms with Gasteiger partial charge in [0.25, 0.3) is 5.91 Å². The third-order valence-corrected chi connectivity index (χ3v) is 7.91. The van der Waals surface area contributed by atoms with Crippen LogP contribution in [0.4, 0.5) is 5.69 Å². The summed E-state index contributed by atoms with van der Waals surface area (Å²) in [5.41, 5.74) is 1.48. The summed E-state index contributed by atoms with van der Waals surface area (Å²) in [7, 11) is -3.60. The maximum atomic E-state index is 12.7. The molecule has 0 spiro atoms. The highest BCUT2D eigenvalue weighted by Gasteiger charge is 2.26. The lowest BCUT2D eigenvalue weighted by atomic mass is 10.2. The molecule has 1 heterocycles. The summed E-state index contributed by atoms with van der Waals surface area (Å²) < 4.78 is 37.1. The average molecular weight is 479 g/mol. The predicted molar refractivity (Wildman–Crippen MR) is 122 cm³/mol. The first-order valence-corrected chi connectivity index (χ1v) is 12.6. The molecule has 1 fully saturated rings. The molecule has 8 nitrogen and oxygen atoms in total. The highest BCUT2D eigenvalue weighted by molar-refractivity contribution is 8.00. The number of hydrogen-bond acceptors (Lipinski definition) is 7. The van der Waals surface area contributed by atoms with Crippen LogP contribution in [0.2, 0.25) is 0 Å². The predicted octanol–water partition coefficient (Wildman–Crippen LogP) is 2.68. The molecule has 0 aliphatic carbocycles. The van der Waals surface area contributed by atoms with Gasteiger partial charge in [0.1, 0.15) is 0 Å². The monoisotopic (exact) mass is 478 g/mol. The van der Waals surface area contributed by atoms with Crippen LogP contribution in [0.25, 0.3) is 0 Å². The van der Waals surface area contributed by atoms with E-state index in [-0.39, 0.29) is 10.6 Å². The second-order valence-corrected chi connectivity index (χ2v) is 10.2. The topological polar surface area (TPSA) is 102 Å². The van der Waals surface area contributed by atoms with Crippen molar-refractivity contribution in [2.45, 2.75) is 29.7 Å². The molecule has 3 rings (SSSR count). The number of carbonyl (C=O) groups excluding carboxylic acids is 2. The van der Waals surface area contributed by atoms with E-state index in [9.17, 15) is 18.0 Å². The van der Waals surface area contributed by atoms with Crippen molar-refractivity contribution in [3.05, 3.63) is 54.1 Å². The molecule has 0 saturated carbocycles. The van der Waals surface area contributed by atoms with Crippen molar-refractivity contribution in [1.29, 1.82) is 0 Å². The number of anilines is 1. The van der Waals surface area contributed by atoms with Gasteiger partial charge in [0.2, 0.25) is 10.0 Å². The van der Waals surface area contributed by atoms with Gasteiger partial charge in [0, 0.05) is 23.7 Å². The van der Waals surface area contributed by atoms with Gasteiger partial charge in [0.15, 0.2) is 6.10 Å². The van der Waals surface area contributed by atoms with Crippen LogP contribution in [-0.4, -0.2) is 62.8 Å². The first kappa shape index (κ1) is 24.2. The Balaban J connectivity index is 1.51. The summed E-state index contributed by atoms with van der Waals surface area (Å²) in [5, 5.41) is 2.64. The zero-order valence-electron chi connectivity index (χ0n) is 17.9. The third-order valence-electron chi connectivity index (χ3n) is 4.85. The van der Waals surface area contributed by atoms with E-state index in [0.29, 0.717) is 32.0 Å². The quantitative estimate of drug-likeness (QED) is 0.460. The molecule has 172 valence electrons. The summed E-state index contributed by atoms with van der Waals surface area (Å²) in [5.74, 6) is -0.896. The van der Waals surface area contributed by atoms with Crippen LogP contribution >= 0.6 is 11.8 Å². The van der Waals surface area contributed by atoms with Crippen LogP contribution in [0.5, 0.6) is 0 Å². The number of amides is 1. The van der Waals surface area contributed by atoms with E-state index in [1.165, 1.54) is 47.3 Å². The zero-order chi connectivity index (χ0) is 23.1. The Hall–Kier alpha value is -2.40. The molecule has 0 radical (unpaired) electrons. The number of nitrogens with zero attached hydrogens (tertiary/aromatic N) is 1. The SMILES string of the molecule is Cc1ccccc1SCC(=O)OC(C)C(=O)Nc1ccc(S(=O)(=O)N2CCOCC2)cc1. The van der Waals surface area contributed by atoms with Gasteiger partial charge in [-0.15, -0.1) is 11.8 Å². The fourth-order valence-corrected chi connectivity index (χ4v) is 5.25. The molecule has 1 amide bonds. The van der Waals surface area contributed by atoms with Crippen molar-refractivity contribution in [1.82, 2.24) is 4.31 Å². The fraction of sp³-hybridized carbons (Fsp3) is 0.364. The summed E-state index contributed by atoms with van der Waals surface area (Å²) in [4.78, 5) is 25.6. The molecule has 2 aromatic carbocycles. The summed E-state index contributed by atoms with van der Waals surface area (Å²) >= 11 is 1.35. The Kier molecular flexibility index (Phi) is 8.30. The highest BCUT2D eigenvalue weighted by Crippen LogP contribution is 2.22. The molecule has 1 atom stereocenters. The van der Waals surface area contributed by atoms with E-state index in [1.54, 1.807) is 0 Å². The molecule has 1 unspecified atom stereocenters. The first-order chi connectivity index (χ1) is 15.3. The normalized spacial score (nSPS) is 15.7. The lowest BCUT2D eigenvalue weighted by Crippen LogP contribution is -2.40. The Labute approximate surface area is 192 Å². The average Bonchev–Trinajstić information content (AvgIpc) is 2.79. The van der Waals surface area contributed by atoms with E-state index >= 15 is 0 Å². The summed E-state index contributed by atoms with van der Waals surface area (Å²) in [6.45, 7) is 4.81. The third kappa shape index (κ3) is 6.32. The number of hydrogen-bond donors (Lipinski definition) is 1. The maximum absolute atomic E-state index is 12.7. The molecule has 0 bridgehead atoms. The second-order valence-electron chi connectivity index (χ2n) is 7.22. The smallest absolute Gasteiger partial charge is 0.317 e. The number of rotatable bonds is 8. The summed E-state index contributed by atoms with van der Waals surface area (Å²) in [6.07, 6.45) is -0.989. The summed E-state index contributed by atoms with van der Waals surface area (Å²) in [6, 6.07) is 13.6. The van der Waals surface area contributed by atoms with E-state index in [4.69, 9.17) is 9.47 Å². The molecule has 0 aromatic heterocycles. The van der Waals surface area contributed by atoms with Gasteiger partial charge in [-0.3, -0.25) is 9.59 Å². The number of esters is 1. The van der Waals surface area contributed by atoms with Crippen LogP contribution in [-0.2, 0) is 29.1 Å². The van der Waals surface area contributed by atoms with Gasteiger partial charge in [0.05, 0.1) is 23.9 Å². The van der Waals surface area contributed by atoms with Gasteiger partial charge < -0.3 is 14.8 Å². The zero-order valence-corrected chi connectivity index (χ0v) is 19.6. The Morgan fingerprint density at radius 1 is 1.12 bits per heavy atom. The van der Waals surface area contributed by atoms with E-state index in [1.807, 2.05) is 31.2 Å². The van der Waals surface area contributed by atoms with Crippen molar-refractivity contribution in [2.24, 2.45) is 0 Å². The molecule has 1 saturated heterocycles. The number of benzene rings is 2. The van der Waals surface area contributed by atoms with Gasteiger partial charge in [-0.25, -0.2) is 8.42 Å². The number of aryl methyl sites for hydroxylation is 1. The molecule has 1 N–H and O–H groups in total. The van der Waals surface area contributed by atoms with Crippen molar-refractivity contribution in [3.8, 4) is 0 Å². The van der Waals surface area contributed by atoms with Crippen LogP contribution in [0, 0.1) is 6.92 Å². The van der Waals surface area contributed by atoms with Gasteiger partial charge in [-0.2, -0.15) is 4.31 Å². The number of morpholine rings is 1. The Morgan fingerprint density at radius 2 is 1.78 bits per heavy atom. The maximum Gasteiger partial charge on any atom is 0.317 e. The molecule has 32 heavy (non-hydrogen) atoms. The molecule has 10 heteroatoms. The van der Waals surface area contributed by atoms with Gasteiger partial charge in [-0.1, -0.05) is 18.2 Å². The lowest BCUT2D eigenvalue weighted by Gasteiger charge is -2.26. The number of carbonyl (C=O) groups is 2. The lowest BCUT2D eigenvalue weighted by molar-refractivity contribution is -0.150. The van der Waals surface area contributed by atoms with E-state index in [0.717, 1.165) is 10.5 Å². The minimum Gasteiger partial charge on any atom is -0.452 e. The van der Waals surface area contributed by atoms with Crippen molar-refractivity contribution >= 4 is 39.3 Å². The number of nitrogens with one attached hydrogen (secondary N) is 1. The molecule has 2 aromatic rings. The van der Waals surface area contributed by atoms with Crippen molar-refractivity contribution in [3.63, 3.8) is 0 Å². The molecule has 1 aliphatic rings. The number of sulfonamides is 1. The molecular formula is C22H26N2O6S2. The van der Waals surface area contributed by atoms with Gasteiger partial charge >= 0.3 is 5.97 Å². The Bertz CT molecular complexity index is 1050. The minimum absolute atomic E-state index is 0.0938.